The Kier molecular flexibility index (Phi) is 13.1. The molecular weight excluding hydrogens is 314 g/mol. The van der Waals surface area contributed by atoms with E-state index < -0.39 is 6.10 Å². The van der Waals surface area contributed by atoms with Crippen molar-refractivity contribution in [1.29, 1.82) is 0 Å². The molecule has 0 fully saturated rings. The molecule has 0 spiro atoms. The van der Waals surface area contributed by atoms with Crippen LogP contribution in [0.4, 0.5) is 0 Å². The summed E-state index contributed by atoms with van der Waals surface area (Å²) < 4.78 is 21.2. The summed E-state index contributed by atoms with van der Waals surface area (Å²) in [4.78, 5) is 11.5. The van der Waals surface area contributed by atoms with Gasteiger partial charge in [-0.3, -0.25) is 4.79 Å². The Labute approximate surface area is 146 Å². The van der Waals surface area contributed by atoms with Gasteiger partial charge in [0, 0.05) is 12.0 Å². The minimum atomic E-state index is -0.616. The first-order valence-corrected chi connectivity index (χ1v) is 8.54. The second-order valence-corrected chi connectivity index (χ2v) is 6.88. The predicted molar refractivity (Wildman–Crippen MR) is 92.1 cm³/mol. The Morgan fingerprint density at radius 2 is 1.50 bits per heavy atom. The van der Waals surface area contributed by atoms with Crippen molar-refractivity contribution in [3.05, 3.63) is 0 Å². The van der Waals surface area contributed by atoms with Crippen LogP contribution in [0.2, 0.25) is 0 Å². The summed E-state index contributed by atoms with van der Waals surface area (Å²) in [6.07, 6.45) is -0.172. The van der Waals surface area contributed by atoms with E-state index in [1.165, 1.54) is 0 Å². The molecule has 0 heterocycles. The zero-order valence-electron chi connectivity index (χ0n) is 15.8. The van der Waals surface area contributed by atoms with Gasteiger partial charge in [0.05, 0.1) is 52.4 Å². The number of carbonyl (C=O) groups excluding carboxylic acids is 1. The molecule has 0 aliphatic carbocycles. The maximum Gasteiger partial charge on any atom is 0.222 e. The molecule has 0 saturated heterocycles. The van der Waals surface area contributed by atoms with Gasteiger partial charge >= 0.3 is 0 Å². The highest BCUT2D eigenvalue weighted by molar-refractivity contribution is 5.76. The second-order valence-electron chi connectivity index (χ2n) is 6.88. The van der Waals surface area contributed by atoms with Crippen LogP contribution in [-0.2, 0) is 23.7 Å². The average molecular weight is 349 g/mol. The molecule has 0 rings (SSSR count). The van der Waals surface area contributed by atoms with Crippen molar-refractivity contribution in [2.24, 2.45) is 0 Å². The van der Waals surface area contributed by atoms with E-state index in [0.717, 1.165) is 0 Å². The Bertz CT molecular complexity index is 317. The van der Waals surface area contributed by atoms with Crippen LogP contribution in [0, 0.1) is 0 Å². The maximum atomic E-state index is 11.5. The van der Waals surface area contributed by atoms with E-state index in [9.17, 15) is 9.90 Å². The number of hydrogen-bond acceptors (Lipinski definition) is 6. The van der Waals surface area contributed by atoms with Crippen LogP contribution in [0.25, 0.3) is 0 Å². The average Bonchev–Trinajstić information content (AvgIpc) is 2.45. The minimum absolute atomic E-state index is 0.0168. The van der Waals surface area contributed by atoms with Gasteiger partial charge in [0.25, 0.3) is 0 Å². The Morgan fingerprint density at radius 3 is 2.04 bits per heavy atom. The van der Waals surface area contributed by atoms with E-state index in [1.54, 1.807) is 0 Å². The third-order valence-electron chi connectivity index (χ3n) is 2.66. The SMILES string of the molecule is CC(C)OCC(O)COCCOCCOCCC(=O)NC(C)(C)C. The number of rotatable bonds is 14. The maximum absolute atomic E-state index is 11.5. The standard InChI is InChI=1S/C17H35NO6/c1-14(2)24-13-15(19)12-23-11-10-22-9-8-21-7-6-16(20)18-17(3,4)5/h14-15,19H,6-13H2,1-5H3,(H,18,20). The summed E-state index contributed by atoms with van der Waals surface area (Å²) in [5.74, 6) is -0.0168. The predicted octanol–water partition coefficient (Wildman–Crippen LogP) is 1.13. The first-order chi connectivity index (χ1) is 11.2. The van der Waals surface area contributed by atoms with Crippen molar-refractivity contribution in [3.8, 4) is 0 Å². The van der Waals surface area contributed by atoms with Crippen molar-refractivity contribution >= 4 is 5.91 Å². The lowest BCUT2D eigenvalue weighted by atomic mass is 10.1. The van der Waals surface area contributed by atoms with Crippen molar-refractivity contribution < 1.29 is 28.8 Å². The van der Waals surface area contributed by atoms with E-state index >= 15 is 0 Å². The third kappa shape index (κ3) is 17.6. The molecule has 7 nitrogen and oxygen atoms in total. The normalized spacial score (nSPS) is 13.3. The van der Waals surface area contributed by atoms with E-state index in [-0.39, 0.29) is 30.8 Å². The fourth-order valence-electron chi connectivity index (χ4n) is 1.66. The Morgan fingerprint density at radius 1 is 0.958 bits per heavy atom. The van der Waals surface area contributed by atoms with Gasteiger partial charge in [0.1, 0.15) is 6.10 Å². The quantitative estimate of drug-likeness (QED) is 0.457. The molecule has 0 radical (unpaired) electrons. The van der Waals surface area contributed by atoms with Crippen LogP contribution in [0.5, 0.6) is 0 Å². The lowest BCUT2D eigenvalue weighted by Crippen LogP contribution is -2.40. The largest absolute Gasteiger partial charge is 0.388 e. The highest BCUT2D eigenvalue weighted by Gasteiger charge is 2.12. The molecular formula is C17H35NO6. The van der Waals surface area contributed by atoms with Crippen molar-refractivity contribution in [1.82, 2.24) is 5.32 Å². The molecule has 0 aliphatic heterocycles. The van der Waals surface area contributed by atoms with Crippen molar-refractivity contribution in [3.63, 3.8) is 0 Å². The Balaban J connectivity index is 3.30. The van der Waals surface area contributed by atoms with E-state index in [0.29, 0.717) is 39.5 Å². The number of aliphatic hydroxyl groups is 1. The Hall–Kier alpha value is -0.730. The molecule has 7 heteroatoms. The van der Waals surface area contributed by atoms with Crippen molar-refractivity contribution in [2.45, 2.75) is 58.8 Å². The fourth-order valence-corrected chi connectivity index (χ4v) is 1.66. The number of hydrogen-bond donors (Lipinski definition) is 2. The summed E-state index contributed by atoms with van der Waals surface area (Å²) in [7, 11) is 0. The highest BCUT2D eigenvalue weighted by Crippen LogP contribution is 1.99. The van der Waals surface area contributed by atoms with Crippen LogP contribution in [-0.4, -0.2) is 75.0 Å². The lowest BCUT2D eigenvalue weighted by Gasteiger charge is -2.20. The molecule has 0 aromatic carbocycles. The first kappa shape index (κ1) is 23.3. The third-order valence-corrected chi connectivity index (χ3v) is 2.66. The summed E-state index contributed by atoms with van der Waals surface area (Å²) in [5, 5.41) is 12.4. The number of ether oxygens (including phenoxy) is 4. The lowest BCUT2D eigenvalue weighted by molar-refractivity contribution is -0.123. The zero-order chi connectivity index (χ0) is 18.4. The van der Waals surface area contributed by atoms with Crippen LogP contribution in [0.1, 0.15) is 41.0 Å². The van der Waals surface area contributed by atoms with E-state index in [1.807, 2.05) is 34.6 Å². The van der Waals surface area contributed by atoms with Crippen LogP contribution < -0.4 is 5.32 Å². The summed E-state index contributed by atoms with van der Waals surface area (Å²) in [6.45, 7) is 12.3. The monoisotopic (exact) mass is 349 g/mol. The van der Waals surface area contributed by atoms with Gasteiger partial charge in [-0.2, -0.15) is 0 Å². The molecule has 0 saturated carbocycles. The molecule has 24 heavy (non-hydrogen) atoms. The summed E-state index contributed by atoms with van der Waals surface area (Å²) in [5.41, 5.74) is -0.214. The molecule has 1 amide bonds. The first-order valence-electron chi connectivity index (χ1n) is 8.54. The van der Waals surface area contributed by atoms with Gasteiger partial charge in [0.15, 0.2) is 0 Å². The highest BCUT2D eigenvalue weighted by atomic mass is 16.5. The van der Waals surface area contributed by atoms with Crippen LogP contribution in [0.15, 0.2) is 0 Å². The number of carbonyl (C=O) groups is 1. The molecule has 2 N–H and O–H groups in total. The molecule has 0 aliphatic rings. The molecule has 0 bridgehead atoms. The molecule has 0 aromatic rings. The van der Waals surface area contributed by atoms with Gasteiger partial charge in [-0.05, 0) is 34.6 Å². The molecule has 1 atom stereocenters. The molecule has 1 unspecified atom stereocenters. The number of amides is 1. The van der Waals surface area contributed by atoms with Gasteiger partial charge in [-0.1, -0.05) is 0 Å². The van der Waals surface area contributed by atoms with Crippen LogP contribution >= 0.6 is 0 Å². The zero-order valence-corrected chi connectivity index (χ0v) is 15.8. The van der Waals surface area contributed by atoms with E-state index in [2.05, 4.69) is 5.32 Å². The van der Waals surface area contributed by atoms with Gasteiger partial charge in [-0.15, -0.1) is 0 Å². The minimum Gasteiger partial charge on any atom is -0.388 e. The van der Waals surface area contributed by atoms with Crippen LogP contribution in [0.3, 0.4) is 0 Å². The molecule has 144 valence electrons. The van der Waals surface area contributed by atoms with E-state index in [4.69, 9.17) is 18.9 Å². The second kappa shape index (κ2) is 13.5. The van der Waals surface area contributed by atoms with Crippen molar-refractivity contribution in [2.75, 3.05) is 46.2 Å². The summed E-state index contributed by atoms with van der Waals surface area (Å²) >= 11 is 0. The van der Waals surface area contributed by atoms with Gasteiger partial charge < -0.3 is 29.4 Å². The topological polar surface area (TPSA) is 86.2 Å². The number of nitrogens with one attached hydrogen (secondary N) is 1. The fraction of sp³-hybridized carbons (Fsp3) is 0.941. The van der Waals surface area contributed by atoms with Gasteiger partial charge in [0.2, 0.25) is 5.91 Å². The molecule has 0 aromatic heterocycles. The summed E-state index contributed by atoms with van der Waals surface area (Å²) in [6, 6.07) is 0. The smallest absolute Gasteiger partial charge is 0.222 e. The van der Waals surface area contributed by atoms with Gasteiger partial charge in [-0.25, -0.2) is 0 Å². The number of aliphatic hydroxyl groups excluding tert-OH is 1.